The Balaban J connectivity index is 2.46. The van der Waals surface area contributed by atoms with Gasteiger partial charge in [0.1, 0.15) is 5.69 Å². The third kappa shape index (κ3) is 3.39. The van der Waals surface area contributed by atoms with Gasteiger partial charge in [-0.25, -0.2) is 0 Å². The summed E-state index contributed by atoms with van der Waals surface area (Å²) in [7, 11) is 1.67. The standard InChI is InChI=1S/C15H23N5O/c1-5-7-20-15(13(21-4)10-19-20)14(16-6-2)12-9-17-11(3)8-18-12/h8-10,14,16H,5-7H2,1-4H3. The van der Waals surface area contributed by atoms with Crippen LogP contribution in [0.5, 0.6) is 5.75 Å². The fraction of sp³-hybridized carbons (Fsp3) is 0.533. The number of nitrogens with zero attached hydrogens (tertiary/aromatic N) is 4. The van der Waals surface area contributed by atoms with E-state index in [0.717, 1.165) is 42.3 Å². The van der Waals surface area contributed by atoms with Gasteiger partial charge < -0.3 is 10.1 Å². The molecule has 0 fully saturated rings. The predicted octanol–water partition coefficient (Wildman–Crippen LogP) is 2.10. The van der Waals surface area contributed by atoms with Gasteiger partial charge in [0, 0.05) is 12.7 Å². The summed E-state index contributed by atoms with van der Waals surface area (Å²) in [5.74, 6) is 0.775. The van der Waals surface area contributed by atoms with Crippen LogP contribution in [0.4, 0.5) is 0 Å². The van der Waals surface area contributed by atoms with Crippen LogP contribution in [0.15, 0.2) is 18.6 Å². The van der Waals surface area contributed by atoms with E-state index < -0.39 is 0 Å². The zero-order chi connectivity index (χ0) is 15.2. The van der Waals surface area contributed by atoms with Crippen molar-refractivity contribution in [2.75, 3.05) is 13.7 Å². The number of rotatable bonds is 7. The van der Waals surface area contributed by atoms with Crippen molar-refractivity contribution in [3.05, 3.63) is 35.7 Å². The van der Waals surface area contributed by atoms with Gasteiger partial charge in [0.15, 0.2) is 5.75 Å². The number of ether oxygens (including phenoxy) is 1. The van der Waals surface area contributed by atoms with Crippen LogP contribution in [0.3, 0.4) is 0 Å². The van der Waals surface area contributed by atoms with E-state index in [1.807, 2.05) is 17.8 Å². The summed E-state index contributed by atoms with van der Waals surface area (Å²) in [6.07, 6.45) is 6.37. The summed E-state index contributed by atoms with van der Waals surface area (Å²) in [4.78, 5) is 8.86. The fourth-order valence-corrected chi connectivity index (χ4v) is 2.31. The van der Waals surface area contributed by atoms with Crippen LogP contribution in [0.1, 0.15) is 43.4 Å². The smallest absolute Gasteiger partial charge is 0.161 e. The molecule has 1 unspecified atom stereocenters. The van der Waals surface area contributed by atoms with E-state index in [-0.39, 0.29) is 6.04 Å². The minimum atomic E-state index is -0.0768. The van der Waals surface area contributed by atoms with Crippen molar-refractivity contribution in [1.29, 1.82) is 0 Å². The number of hydrogen-bond acceptors (Lipinski definition) is 5. The van der Waals surface area contributed by atoms with Crippen molar-refractivity contribution < 1.29 is 4.74 Å². The molecule has 6 nitrogen and oxygen atoms in total. The highest BCUT2D eigenvalue weighted by Gasteiger charge is 2.24. The highest BCUT2D eigenvalue weighted by molar-refractivity contribution is 5.33. The molecule has 0 saturated heterocycles. The number of nitrogens with one attached hydrogen (secondary N) is 1. The highest BCUT2D eigenvalue weighted by Crippen LogP contribution is 2.29. The van der Waals surface area contributed by atoms with E-state index in [2.05, 4.69) is 34.2 Å². The Morgan fingerprint density at radius 3 is 2.62 bits per heavy atom. The van der Waals surface area contributed by atoms with Gasteiger partial charge in [-0.15, -0.1) is 0 Å². The maximum absolute atomic E-state index is 5.47. The normalized spacial score (nSPS) is 12.4. The van der Waals surface area contributed by atoms with Gasteiger partial charge in [-0.3, -0.25) is 14.6 Å². The van der Waals surface area contributed by atoms with Gasteiger partial charge in [0.2, 0.25) is 0 Å². The van der Waals surface area contributed by atoms with Crippen molar-refractivity contribution in [1.82, 2.24) is 25.1 Å². The van der Waals surface area contributed by atoms with E-state index in [1.165, 1.54) is 0 Å². The van der Waals surface area contributed by atoms with Gasteiger partial charge in [0.05, 0.1) is 36.9 Å². The van der Waals surface area contributed by atoms with Crippen LogP contribution >= 0.6 is 0 Å². The molecule has 0 amide bonds. The SMILES string of the molecule is CCCn1ncc(OC)c1C(NCC)c1cnc(C)cn1. The molecule has 0 spiro atoms. The number of methoxy groups -OCH3 is 1. The monoisotopic (exact) mass is 289 g/mol. The number of aromatic nitrogens is 4. The molecule has 1 atom stereocenters. The Labute approximate surface area is 125 Å². The number of hydrogen-bond donors (Lipinski definition) is 1. The van der Waals surface area contributed by atoms with Crippen LogP contribution in [-0.4, -0.2) is 33.4 Å². The van der Waals surface area contributed by atoms with Gasteiger partial charge >= 0.3 is 0 Å². The van der Waals surface area contributed by atoms with E-state index in [9.17, 15) is 0 Å². The first kappa shape index (κ1) is 15.4. The minimum Gasteiger partial charge on any atom is -0.493 e. The topological polar surface area (TPSA) is 64.9 Å². The molecule has 21 heavy (non-hydrogen) atoms. The first-order valence-electron chi connectivity index (χ1n) is 7.32. The second-order valence-electron chi connectivity index (χ2n) is 4.89. The summed E-state index contributed by atoms with van der Waals surface area (Å²) in [6.45, 7) is 7.80. The van der Waals surface area contributed by atoms with Crippen LogP contribution in [0, 0.1) is 6.92 Å². The number of aryl methyl sites for hydroxylation is 2. The molecule has 6 heteroatoms. The van der Waals surface area contributed by atoms with Crippen LogP contribution in [0.25, 0.3) is 0 Å². The molecule has 0 aliphatic heterocycles. The molecule has 1 N–H and O–H groups in total. The summed E-state index contributed by atoms with van der Waals surface area (Å²) >= 11 is 0. The summed E-state index contributed by atoms with van der Waals surface area (Å²) in [5.41, 5.74) is 2.78. The zero-order valence-corrected chi connectivity index (χ0v) is 13.1. The van der Waals surface area contributed by atoms with Gasteiger partial charge in [-0.05, 0) is 19.9 Å². The molecule has 0 radical (unpaired) electrons. The molecule has 0 aromatic carbocycles. The average Bonchev–Trinajstić information content (AvgIpc) is 2.89. The maximum Gasteiger partial charge on any atom is 0.161 e. The van der Waals surface area contributed by atoms with E-state index in [1.54, 1.807) is 19.5 Å². The second kappa shape index (κ2) is 7.17. The van der Waals surface area contributed by atoms with Crippen LogP contribution < -0.4 is 10.1 Å². The highest BCUT2D eigenvalue weighted by atomic mass is 16.5. The largest absolute Gasteiger partial charge is 0.493 e. The Morgan fingerprint density at radius 2 is 2.05 bits per heavy atom. The predicted molar refractivity (Wildman–Crippen MR) is 81.4 cm³/mol. The van der Waals surface area contributed by atoms with Gasteiger partial charge in [-0.1, -0.05) is 13.8 Å². The molecular formula is C15H23N5O. The molecular weight excluding hydrogens is 266 g/mol. The summed E-state index contributed by atoms with van der Waals surface area (Å²) in [5, 5.41) is 7.88. The maximum atomic E-state index is 5.47. The molecule has 0 aliphatic carbocycles. The van der Waals surface area contributed by atoms with E-state index in [0.29, 0.717) is 0 Å². The lowest BCUT2D eigenvalue weighted by atomic mass is 10.1. The second-order valence-corrected chi connectivity index (χ2v) is 4.89. The fourth-order valence-electron chi connectivity index (χ4n) is 2.31. The first-order chi connectivity index (χ1) is 10.2. The lowest BCUT2D eigenvalue weighted by Gasteiger charge is -2.20. The Morgan fingerprint density at radius 1 is 1.24 bits per heavy atom. The lowest BCUT2D eigenvalue weighted by molar-refractivity contribution is 0.397. The van der Waals surface area contributed by atoms with E-state index >= 15 is 0 Å². The van der Waals surface area contributed by atoms with Crippen LogP contribution in [0.2, 0.25) is 0 Å². The van der Waals surface area contributed by atoms with Gasteiger partial charge in [-0.2, -0.15) is 5.10 Å². The minimum absolute atomic E-state index is 0.0768. The third-order valence-electron chi connectivity index (χ3n) is 3.28. The zero-order valence-electron chi connectivity index (χ0n) is 13.1. The lowest BCUT2D eigenvalue weighted by Crippen LogP contribution is -2.26. The summed E-state index contributed by atoms with van der Waals surface area (Å²) < 4.78 is 7.45. The summed E-state index contributed by atoms with van der Waals surface area (Å²) in [6, 6.07) is -0.0768. The Bertz CT molecular complexity index is 564. The molecule has 2 aromatic heterocycles. The molecule has 114 valence electrons. The Hall–Kier alpha value is -1.95. The van der Waals surface area contributed by atoms with Crippen LogP contribution in [-0.2, 0) is 6.54 Å². The van der Waals surface area contributed by atoms with Gasteiger partial charge in [0.25, 0.3) is 0 Å². The van der Waals surface area contributed by atoms with Crippen molar-refractivity contribution in [2.45, 2.75) is 39.8 Å². The van der Waals surface area contributed by atoms with Crippen molar-refractivity contribution >= 4 is 0 Å². The Kier molecular flexibility index (Phi) is 5.27. The van der Waals surface area contributed by atoms with E-state index in [4.69, 9.17) is 4.74 Å². The van der Waals surface area contributed by atoms with Crippen molar-refractivity contribution in [3.63, 3.8) is 0 Å². The average molecular weight is 289 g/mol. The molecule has 0 aliphatic rings. The van der Waals surface area contributed by atoms with Crippen molar-refractivity contribution in [2.24, 2.45) is 0 Å². The molecule has 0 bridgehead atoms. The first-order valence-corrected chi connectivity index (χ1v) is 7.32. The molecule has 2 aromatic rings. The molecule has 0 saturated carbocycles. The molecule has 2 rings (SSSR count). The van der Waals surface area contributed by atoms with Crippen molar-refractivity contribution in [3.8, 4) is 5.75 Å². The quantitative estimate of drug-likeness (QED) is 0.845. The third-order valence-corrected chi connectivity index (χ3v) is 3.28. The molecule has 2 heterocycles.